The van der Waals surface area contributed by atoms with Gasteiger partial charge >= 0.3 is 16.2 Å². The minimum Gasteiger partial charge on any atom is -0.293 e. The van der Waals surface area contributed by atoms with E-state index >= 15 is 0 Å². The minimum atomic E-state index is -4.29. The zero-order chi connectivity index (χ0) is 17.9. The fourth-order valence-corrected chi connectivity index (χ4v) is 2.73. The Morgan fingerprint density at radius 1 is 1.29 bits per heavy atom. The monoisotopic (exact) mass is 372 g/mol. The van der Waals surface area contributed by atoms with Gasteiger partial charge in [0.25, 0.3) is 0 Å². The van der Waals surface area contributed by atoms with Crippen molar-refractivity contribution in [3.05, 3.63) is 40.9 Å². The Kier molecular flexibility index (Phi) is 5.04. The molecular weight excluding hydrogens is 360 g/mol. The molecule has 0 bridgehead atoms. The van der Waals surface area contributed by atoms with E-state index in [0.29, 0.717) is 5.69 Å². The lowest BCUT2D eigenvalue weighted by Gasteiger charge is -2.12. The number of ketones is 1. The summed E-state index contributed by atoms with van der Waals surface area (Å²) >= 11 is 5.72. The molecule has 0 saturated carbocycles. The van der Waals surface area contributed by atoms with Crippen molar-refractivity contribution >= 4 is 39.6 Å². The smallest absolute Gasteiger partial charge is 0.293 e. The molecule has 0 aliphatic carbocycles. The SMILES string of the molecule is CC(=O)c1cccn1NS(=O)(=O)NC(=O)Nc1nc(C)cc(Cl)n1. The van der Waals surface area contributed by atoms with Crippen molar-refractivity contribution in [1.82, 2.24) is 19.4 Å². The summed E-state index contributed by atoms with van der Waals surface area (Å²) in [6.45, 7) is 2.91. The first kappa shape index (κ1) is 17.7. The first-order valence-electron chi connectivity index (χ1n) is 6.47. The lowest BCUT2D eigenvalue weighted by molar-refractivity contribution is 0.101. The number of hydrogen-bond donors (Lipinski definition) is 3. The van der Waals surface area contributed by atoms with Crippen LogP contribution >= 0.6 is 11.6 Å². The van der Waals surface area contributed by atoms with Crippen LogP contribution in [-0.4, -0.2) is 34.9 Å². The normalized spacial score (nSPS) is 11.0. The van der Waals surface area contributed by atoms with Crippen LogP contribution in [0, 0.1) is 6.92 Å². The summed E-state index contributed by atoms with van der Waals surface area (Å²) in [7, 11) is -4.29. The number of carbonyl (C=O) groups excluding carboxylic acids is 2. The largest absolute Gasteiger partial charge is 0.338 e. The van der Waals surface area contributed by atoms with Crippen molar-refractivity contribution < 1.29 is 18.0 Å². The highest BCUT2D eigenvalue weighted by molar-refractivity contribution is 7.90. The molecule has 2 heterocycles. The molecule has 0 fully saturated rings. The molecule has 2 amide bonds. The average Bonchev–Trinajstić information content (AvgIpc) is 2.83. The Morgan fingerprint density at radius 3 is 2.62 bits per heavy atom. The number of aryl methyl sites for hydroxylation is 1. The number of carbonyl (C=O) groups is 2. The molecule has 0 saturated heterocycles. The molecule has 0 aliphatic rings. The molecule has 0 aliphatic heterocycles. The Morgan fingerprint density at radius 2 is 2.00 bits per heavy atom. The quantitative estimate of drug-likeness (QED) is 0.530. The summed E-state index contributed by atoms with van der Waals surface area (Å²) in [4.78, 5) is 32.7. The molecular formula is C12H13ClN6O4S. The Hall–Kier alpha value is -2.66. The summed E-state index contributed by atoms with van der Waals surface area (Å²) in [5.74, 6) is -0.506. The molecule has 128 valence electrons. The zero-order valence-electron chi connectivity index (χ0n) is 12.6. The predicted molar refractivity (Wildman–Crippen MR) is 86.7 cm³/mol. The Labute approximate surface area is 142 Å². The number of rotatable bonds is 5. The van der Waals surface area contributed by atoms with Gasteiger partial charge < -0.3 is 0 Å². The van der Waals surface area contributed by atoms with Gasteiger partial charge in [-0.15, -0.1) is 0 Å². The number of nitrogens with one attached hydrogen (secondary N) is 3. The van der Waals surface area contributed by atoms with E-state index in [9.17, 15) is 18.0 Å². The summed E-state index contributed by atoms with van der Waals surface area (Å²) in [5.41, 5.74) is 0.597. The first-order chi connectivity index (χ1) is 11.2. The van der Waals surface area contributed by atoms with E-state index in [1.165, 1.54) is 31.3 Å². The van der Waals surface area contributed by atoms with Crippen LogP contribution in [0.5, 0.6) is 0 Å². The third-order valence-electron chi connectivity index (χ3n) is 2.60. The molecule has 2 rings (SSSR count). The third kappa shape index (κ3) is 4.67. The Balaban J connectivity index is 2.07. The van der Waals surface area contributed by atoms with Crippen LogP contribution in [0.4, 0.5) is 10.7 Å². The van der Waals surface area contributed by atoms with E-state index in [4.69, 9.17) is 11.6 Å². The molecule has 2 aromatic heterocycles. The number of anilines is 1. The molecule has 0 atom stereocenters. The molecule has 2 aromatic rings. The molecule has 12 heteroatoms. The highest BCUT2D eigenvalue weighted by Crippen LogP contribution is 2.09. The number of urea groups is 1. The zero-order valence-corrected chi connectivity index (χ0v) is 14.1. The second kappa shape index (κ2) is 6.84. The van der Waals surface area contributed by atoms with Crippen LogP contribution in [-0.2, 0) is 10.2 Å². The molecule has 3 N–H and O–H groups in total. The standard InChI is InChI=1S/C12H13ClN6O4S/c1-7-6-10(13)15-11(14-7)16-12(21)17-24(22,23)18-19-5-3-4-9(19)8(2)20/h3-6,18H,1-2H3,(H2,14,15,16,17,21). The molecule has 0 aromatic carbocycles. The Bertz CT molecular complexity index is 874. The van der Waals surface area contributed by atoms with Gasteiger partial charge in [0.1, 0.15) is 10.8 Å². The van der Waals surface area contributed by atoms with Crippen molar-refractivity contribution in [3.8, 4) is 0 Å². The second-order valence-corrected chi connectivity index (χ2v) is 6.41. The summed E-state index contributed by atoms with van der Waals surface area (Å²) in [6, 6.07) is 3.27. The fourth-order valence-electron chi connectivity index (χ4n) is 1.73. The van der Waals surface area contributed by atoms with Gasteiger partial charge in [-0.3, -0.25) is 10.1 Å². The number of nitrogens with zero attached hydrogens (tertiary/aromatic N) is 3. The van der Waals surface area contributed by atoms with E-state index in [1.807, 2.05) is 4.83 Å². The van der Waals surface area contributed by atoms with E-state index in [0.717, 1.165) is 4.68 Å². The van der Waals surface area contributed by atoms with E-state index < -0.39 is 16.2 Å². The second-order valence-electron chi connectivity index (χ2n) is 4.63. The maximum atomic E-state index is 11.9. The number of Topliss-reactive ketones (excluding diaryl/α,β-unsaturated/α-hetero) is 1. The van der Waals surface area contributed by atoms with Crippen LogP contribution in [0.15, 0.2) is 24.4 Å². The third-order valence-corrected chi connectivity index (χ3v) is 3.69. The number of halogens is 1. The molecule has 0 radical (unpaired) electrons. The van der Waals surface area contributed by atoms with Gasteiger partial charge in [0, 0.05) is 18.8 Å². The summed E-state index contributed by atoms with van der Waals surface area (Å²) < 4.78 is 26.5. The lowest BCUT2D eigenvalue weighted by Crippen LogP contribution is -2.41. The molecule has 0 unspecified atom stereocenters. The summed E-state index contributed by atoms with van der Waals surface area (Å²) in [5, 5.41) is 2.24. The van der Waals surface area contributed by atoms with Crippen LogP contribution in [0.25, 0.3) is 0 Å². The lowest BCUT2D eigenvalue weighted by atomic mass is 10.3. The van der Waals surface area contributed by atoms with Crippen molar-refractivity contribution in [1.29, 1.82) is 0 Å². The van der Waals surface area contributed by atoms with Gasteiger partial charge in [-0.1, -0.05) is 11.6 Å². The molecule has 0 spiro atoms. The van der Waals surface area contributed by atoms with Crippen LogP contribution in [0.2, 0.25) is 5.15 Å². The molecule has 10 nitrogen and oxygen atoms in total. The molecule has 24 heavy (non-hydrogen) atoms. The maximum absolute atomic E-state index is 11.9. The number of amides is 2. The van der Waals surface area contributed by atoms with Gasteiger partial charge in [-0.25, -0.2) is 29.0 Å². The highest BCUT2D eigenvalue weighted by Gasteiger charge is 2.17. The van der Waals surface area contributed by atoms with Crippen LogP contribution in [0.1, 0.15) is 23.1 Å². The number of aromatic nitrogens is 3. The number of hydrogen-bond acceptors (Lipinski definition) is 6. The first-order valence-corrected chi connectivity index (χ1v) is 8.33. The van der Waals surface area contributed by atoms with Gasteiger partial charge in [0.2, 0.25) is 5.95 Å². The van der Waals surface area contributed by atoms with Gasteiger partial charge in [0.05, 0.1) is 0 Å². The average molecular weight is 373 g/mol. The van der Waals surface area contributed by atoms with E-state index in [-0.39, 0.29) is 22.6 Å². The van der Waals surface area contributed by atoms with Gasteiger partial charge in [-0.05, 0) is 25.1 Å². The van der Waals surface area contributed by atoms with Crippen molar-refractivity contribution in [2.45, 2.75) is 13.8 Å². The topological polar surface area (TPSA) is 135 Å². The van der Waals surface area contributed by atoms with Crippen LogP contribution in [0.3, 0.4) is 0 Å². The van der Waals surface area contributed by atoms with Crippen molar-refractivity contribution in [2.75, 3.05) is 10.1 Å². The van der Waals surface area contributed by atoms with E-state index in [1.54, 1.807) is 11.6 Å². The fraction of sp³-hybridized carbons (Fsp3) is 0.167. The van der Waals surface area contributed by atoms with Crippen molar-refractivity contribution in [2.24, 2.45) is 0 Å². The summed E-state index contributed by atoms with van der Waals surface area (Å²) in [6.07, 6.45) is 1.32. The predicted octanol–water partition coefficient (Wildman–Crippen LogP) is 1.05. The van der Waals surface area contributed by atoms with Gasteiger partial charge in [0.15, 0.2) is 5.78 Å². The van der Waals surface area contributed by atoms with Gasteiger partial charge in [-0.2, -0.15) is 8.42 Å². The minimum absolute atomic E-state index is 0.0947. The van der Waals surface area contributed by atoms with Crippen LogP contribution < -0.4 is 14.9 Å². The van der Waals surface area contributed by atoms with E-state index in [2.05, 4.69) is 15.3 Å². The maximum Gasteiger partial charge on any atom is 0.338 e. The highest BCUT2D eigenvalue weighted by atomic mass is 35.5. The van der Waals surface area contributed by atoms with Crippen molar-refractivity contribution in [3.63, 3.8) is 0 Å².